The lowest BCUT2D eigenvalue weighted by molar-refractivity contribution is 0.0480. The minimum absolute atomic E-state index is 0.110. The summed E-state index contributed by atoms with van der Waals surface area (Å²) in [5.74, 6) is 0.675. The fourth-order valence-corrected chi connectivity index (χ4v) is 1.87. The molecule has 0 atom stereocenters. The molecule has 0 aromatic carbocycles. The minimum atomic E-state index is 0.110. The number of hydrogen-bond acceptors (Lipinski definition) is 2. The summed E-state index contributed by atoms with van der Waals surface area (Å²) < 4.78 is 5.32. The largest absolute Gasteiger partial charge is 0.381 e. The molecule has 1 rings (SSSR count). The van der Waals surface area contributed by atoms with Gasteiger partial charge in [-0.1, -0.05) is 12.2 Å². The van der Waals surface area contributed by atoms with Crippen LogP contribution in [0.5, 0.6) is 0 Å². The van der Waals surface area contributed by atoms with Crippen LogP contribution in [-0.2, 0) is 4.74 Å². The lowest BCUT2D eigenvalue weighted by Gasteiger charge is -2.36. The van der Waals surface area contributed by atoms with Crippen LogP contribution < -0.4 is 5.32 Å². The second-order valence-electron chi connectivity index (χ2n) is 3.48. The molecule has 3 heteroatoms. The third-order valence-corrected chi connectivity index (χ3v) is 3.05. The van der Waals surface area contributed by atoms with Crippen molar-refractivity contribution < 1.29 is 4.74 Å². The quantitative estimate of drug-likeness (QED) is 0.557. The van der Waals surface area contributed by atoms with Crippen LogP contribution in [0.25, 0.3) is 0 Å². The second-order valence-corrected chi connectivity index (χ2v) is 3.74. The molecular weight excluding hydrogens is 186 g/mol. The topological polar surface area (TPSA) is 21.3 Å². The molecular formula is C10H18ClNO. The Hall–Kier alpha value is -0.0500. The highest BCUT2D eigenvalue weighted by Crippen LogP contribution is 2.21. The number of allylic oxidation sites excluding steroid dienone is 1. The average Bonchev–Trinajstić information content (AvgIpc) is 2.20. The summed E-state index contributed by atoms with van der Waals surface area (Å²) in [5.41, 5.74) is 0.110. The molecule has 2 nitrogen and oxygen atoms in total. The molecule has 0 saturated carbocycles. The zero-order chi connectivity index (χ0) is 9.57. The molecule has 0 bridgehead atoms. The van der Waals surface area contributed by atoms with E-state index in [1.54, 1.807) is 0 Å². The lowest BCUT2D eigenvalue weighted by Crippen LogP contribution is -2.51. The normalized spacial score (nSPS) is 22.3. The minimum Gasteiger partial charge on any atom is -0.381 e. The summed E-state index contributed by atoms with van der Waals surface area (Å²) >= 11 is 5.97. The zero-order valence-electron chi connectivity index (χ0n) is 8.18. The van der Waals surface area contributed by atoms with Crippen molar-refractivity contribution in [1.29, 1.82) is 0 Å². The molecule has 0 amide bonds. The first-order valence-corrected chi connectivity index (χ1v) is 5.36. The van der Waals surface area contributed by atoms with Gasteiger partial charge in [-0.3, -0.25) is 0 Å². The molecule has 0 aliphatic carbocycles. The van der Waals surface area contributed by atoms with E-state index in [-0.39, 0.29) is 5.54 Å². The predicted molar refractivity (Wildman–Crippen MR) is 56.3 cm³/mol. The van der Waals surface area contributed by atoms with Gasteiger partial charge in [0, 0.05) is 31.2 Å². The first-order chi connectivity index (χ1) is 6.33. The Bertz CT molecular complexity index is 164. The van der Waals surface area contributed by atoms with Crippen LogP contribution >= 0.6 is 11.6 Å². The van der Waals surface area contributed by atoms with Crippen molar-refractivity contribution in [2.24, 2.45) is 0 Å². The van der Waals surface area contributed by atoms with E-state index in [9.17, 15) is 0 Å². The Kier molecular flexibility index (Phi) is 4.78. The molecule has 76 valence electrons. The molecule has 1 N–H and O–H groups in total. The van der Waals surface area contributed by atoms with E-state index >= 15 is 0 Å². The maximum absolute atomic E-state index is 5.97. The van der Waals surface area contributed by atoms with E-state index in [0.717, 1.165) is 32.6 Å². The summed E-state index contributed by atoms with van der Waals surface area (Å²) in [7, 11) is 0. The molecule has 0 unspecified atom stereocenters. The Balaban J connectivity index is 2.38. The van der Waals surface area contributed by atoms with Crippen LogP contribution in [0.1, 0.15) is 19.8 Å². The molecule has 0 radical (unpaired) electrons. The first-order valence-electron chi connectivity index (χ1n) is 4.83. The third-order valence-electron chi connectivity index (χ3n) is 2.54. The van der Waals surface area contributed by atoms with Gasteiger partial charge in [0.2, 0.25) is 0 Å². The number of hydrogen-bond donors (Lipinski definition) is 1. The second kappa shape index (κ2) is 5.63. The van der Waals surface area contributed by atoms with Crippen LogP contribution in [0, 0.1) is 0 Å². The van der Waals surface area contributed by atoms with Crippen molar-refractivity contribution in [1.82, 2.24) is 5.32 Å². The molecule has 1 aliphatic heterocycles. The SMILES string of the molecule is C/C=C/CNC1(CCl)CCOCC1. The van der Waals surface area contributed by atoms with Crippen molar-refractivity contribution in [3.05, 3.63) is 12.2 Å². The maximum atomic E-state index is 5.97. The van der Waals surface area contributed by atoms with Gasteiger partial charge in [-0.25, -0.2) is 0 Å². The number of ether oxygens (including phenoxy) is 1. The van der Waals surface area contributed by atoms with Gasteiger partial charge >= 0.3 is 0 Å². The Morgan fingerprint density at radius 2 is 2.15 bits per heavy atom. The molecule has 1 fully saturated rings. The van der Waals surface area contributed by atoms with Crippen molar-refractivity contribution in [2.75, 3.05) is 25.6 Å². The summed E-state index contributed by atoms with van der Waals surface area (Å²) in [5, 5.41) is 3.49. The van der Waals surface area contributed by atoms with Crippen molar-refractivity contribution in [2.45, 2.75) is 25.3 Å². The molecule has 0 aromatic heterocycles. The molecule has 1 saturated heterocycles. The van der Waals surface area contributed by atoms with Crippen LogP contribution in [-0.4, -0.2) is 31.2 Å². The Labute approximate surface area is 85.3 Å². The fourth-order valence-electron chi connectivity index (χ4n) is 1.51. The van der Waals surface area contributed by atoms with Crippen molar-refractivity contribution in [3.8, 4) is 0 Å². The third kappa shape index (κ3) is 3.29. The standard InChI is InChI=1S/C10H18ClNO/c1-2-3-6-12-10(9-11)4-7-13-8-5-10/h2-3,12H,4-9H2,1H3/b3-2+. The Morgan fingerprint density at radius 3 is 2.69 bits per heavy atom. The van der Waals surface area contributed by atoms with Gasteiger partial charge < -0.3 is 10.1 Å². The van der Waals surface area contributed by atoms with E-state index in [1.165, 1.54) is 0 Å². The summed E-state index contributed by atoms with van der Waals surface area (Å²) in [4.78, 5) is 0. The maximum Gasteiger partial charge on any atom is 0.0484 e. The number of alkyl halides is 1. The van der Waals surface area contributed by atoms with E-state index in [2.05, 4.69) is 11.4 Å². The van der Waals surface area contributed by atoms with Gasteiger partial charge in [0.05, 0.1) is 0 Å². The van der Waals surface area contributed by atoms with Gasteiger partial charge in [0.1, 0.15) is 0 Å². The van der Waals surface area contributed by atoms with E-state index in [4.69, 9.17) is 16.3 Å². The van der Waals surface area contributed by atoms with E-state index < -0.39 is 0 Å². The number of halogens is 1. The van der Waals surface area contributed by atoms with E-state index in [1.807, 2.05) is 13.0 Å². The highest BCUT2D eigenvalue weighted by Gasteiger charge is 2.30. The van der Waals surface area contributed by atoms with Crippen molar-refractivity contribution >= 4 is 11.6 Å². The van der Waals surface area contributed by atoms with Gasteiger partial charge in [0.25, 0.3) is 0 Å². The van der Waals surface area contributed by atoms with Gasteiger partial charge in [-0.15, -0.1) is 11.6 Å². The van der Waals surface area contributed by atoms with Crippen LogP contribution in [0.15, 0.2) is 12.2 Å². The summed E-state index contributed by atoms with van der Waals surface area (Å²) in [6.07, 6.45) is 6.21. The highest BCUT2D eigenvalue weighted by molar-refractivity contribution is 6.18. The van der Waals surface area contributed by atoms with Crippen LogP contribution in [0.3, 0.4) is 0 Å². The highest BCUT2D eigenvalue weighted by atomic mass is 35.5. The fraction of sp³-hybridized carbons (Fsp3) is 0.800. The Morgan fingerprint density at radius 1 is 1.46 bits per heavy atom. The monoisotopic (exact) mass is 203 g/mol. The lowest BCUT2D eigenvalue weighted by atomic mass is 9.92. The van der Waals surface area contributed by atoms with Crippen molar-refractivity contribution in [3.63, 3.8) is 0 Å². The molecule has 1 aliphatic rings. The smallest absolute Gasteiger partial charge is 0.0484 e. The predicted octanol–water partition coefficient (Wildman–Crippen LogP) is 1.94. The van der Waals surface area contributed by atoms with E-state index in [0.29, 0.717) is 5.88 Å². The average molecular weight is 204 g/mol. The molecule has 13 heavy (non-hydrogen) atoms. The van der Waals surface area contributed by atoms with Gasteiger partial charge in [-0.2, -0.15) is 0 Å². The first kappa shape index (κ1) is 11.0. The summed E-state index contributed by atoms with van der Waals surface area (Å²) in [6, 6.07) is 0. The van der Waals surface area contributed by atoms with Gasteiger partial charge in [0.15, 0.2) is 0 Å². The summed E-state index contributed by atoms with van der Waals surface area (Å²) in [6.45, 7) is 4.59. The molecule has 0 aromatic rings. The van der Waals surface area contributed by atoms with Crippen LogP contribution in [0.4, 0.5) is 0 Å². The number of rotatable bonds is 4. The number of nitrogens with one attached hydrogen (secondary N) is 1. The van der Waals surface area contributed by atoms with Crippen LogP contribution in [0.2, 0.25) is 0 Å². The molecule has 1 heterocycles. The van der Waals surface area contributed by atoms with Gasteiger partial charge in [-0.05, 0) is 19.8 Å². The zero-order valence-corrected chi connectivity index (χ0v) is 8.94. The molecule has 0 spiro atoms.